The average Bonchev–Trinajstić information content (AvgIpc) is 2.86. The van der Waals surface area contributed by atoms with Gasteiger partial charge in [-0.15, -0.1) is 0 Å². The van der Waals surface area contributed by atoms with Gasteiger partial charge in [-0.2, -0.15) is 0 Å². The van der Waals surface area contributed by atoms with Crippen LogP contribution in [0.1, 0.15) is 57.4 Å². The van der Waals surface area contributed by atoms with Crippen LogP contribution in [0.25, 0.3) is 27.6 Å². The first-order chi connectivity index (χ1) is 16.5. The van der Waals surface area contributed by atoms with Gasteiger partial charge in [-0.25, -0.2) is 0 Å². The molecule has 1 aromatic heterocycles. The summed E-state index contributed by atoms with van der Waals surface area (Å²) in [6.45, 7) is 10.2. The normalized spacial score (nSPS) is 15.0. The molecule has 34 heavy (non-hydrogen) atoms. The second-order valence-electron chi connectivity index (χ2n) is 9.92. The van der Waals surface area contributed by atoms with Crippen molar-refractivity contribution in [2.24, 2.45) is 5.92 Å². The molecule has 3 aromatic rings. The van der Waals surface area contributed by atoms with E-state index in [1.54, 1.807) is 0 Å². The number of anilines is 2. The number of piperidine rings is 1. The Kier molecular flexibility index (Phi) is 8.23. The van der Waals surface area contributed by atoms with Crippen molar-refractivity contribution in [3.63, 3.8) is 0 Å². The van der Waals surface area contributed by atoms with Gasteiger partial charge in [-0.3, -0.25) is 4.98 Å². The van der Waals surface area contributed by atoms with Crippen molar-refractivity contribution in [2.45, 2.75) is 51.9 Å². The van der Waals surface area contributed by atoms with Gasteiger partial charge in [0, 0.05) is 29.4 Å². The molecule has 0 atom stereocenters. The maximum Gasteiger partial charge on any atom is 0.0723 e. The molecule has 0 bridgehead atoms. The number of benzene rings is 2. The van der Waals surface area contributed by atoms with Gasteiger partial charge in [0.05, 0.1) is 11.2 Å². The van der Waals surface area contributed by atoms with E-state index in [9.17, 15) is 0 Å². The maximum absolute atomic E-state index is 5.91. The molecule has 0 unspecified atom stereocenters. The molecule has 0 radical (unpaired) electrons. The lowest BCUT2D eigenvalue weighted by atomic mass is 9.89. The number of nitrogens with two attached hydrogens (primary N) is 1. The standard InChI is InChI=1S/C30H40N4/c1-4-5-6-17-32-30-27-20-25(24-9-12-26(31)13-10-24)11-14-29(27)33-21-28(30)22(2)7-8-23-15-18-34(3)19-16-23/h9-14,20-21,23H,2,4-8,15-19,31H2,1,3H3,(H,32,33). The van der Waals surface area contributed by atoms with Gasteiger partial charge in [-0.1, -0.05) is 44.5 Å². The summed E-state index contributed by atoms with van der Waals surface area (Å²) in [6, 6.07) is 14.6. The predicted molar refractivity (Wildman–Crippen MR) is 148 cm³/mol. The summed E-state index contributed by atoms with van der Waals surface area (Å²) in [7, 11) is 2.23. The fraction of sp³-hybridized carbons (Fsp3) is 0.433. The Morgan fingerprint density at radius 2 is 1.82 bits per heavy atom. The van der Waals surface area contributed by atoms with E-state index in [-0.39, 0.29) is 0 Å². The summed E-state index contributed by atoms with van der Waals surface area (Å²) in [5.41, 5.74) is 13.6. The molecule has 1 saturated heterocycles. The topological polar surface area (TPSA) is 54.2 Å². The van der Waals surface area contributed by atoms with E-state index in [2.05, 4.69) is 61.1 Å². The summed E-state index contributed by atoms with van der Waals surface area (Å²) in [6.07, 6.45) is 10.5. The van der Waals surface area contributed by atoms with E-state index in [0.717, 1.165) is 30.1 Å². The van der Waals surface area contributed by atoms with Crippen molar-refractivity contribution in [1.82, 2.24) is 9.88 Å². The van der Waals surface area contributed by atoms with Crippen LogP contribution in [0.3, 0.4) is 0 Å². The number of allylic oxidation sites excluding steroid dienone is 1. The molecule has 1 fully saturated rings. The zero-order valence-electron chi connectivity index (χ0n) is 20.9. The number of nitrogens with one attached hydrogen (secondary N) is 1. The van der Waals surface area contributed by atoms with E-state index in [1.807, 2.05) is 18.3 Å². The molecule has 4 heteroatoms. The molecule has 4 nitrogen and oxygen atoms in total. The number of likely N-dealkylation sites (tertiary alicyclic amines) is 1. The van der Waals surface area contributed by atoms with Crippen molar-refractivity contribution in [3.8, 4) is 11.1 Å². The van der Waals surface area contributed by atoms with Gasteiger partial charge >= 0.3 is 0 Å². The third-order valence-corrected chi connectivity index (χ3v) is 7.27. The van der Waals surface area contributed by atoms with Gasteiger partial charge in [0.1, 0.15) is 0 Å². The number of pyridine rings is 1. The lowest BCUT2D eigenvalue weighted by Crippen LogP contribution is -2.30. The Hall–Kier alpha value is -2.85. The number of hydrogen-bond donors (Lipinski definition) is 2. The van der Waals surface area contributed by atoms with E-state index in [4.69, 9.17) is 10.7 Å². The molecule has 0 spiro atoms. The van der Waals surface area contributed by atoms with E-state index in [0.29, 0.717) is 0 Å². The van der Waals surface area contributed by atoms with E-state index >= 15 is 0 Å². The van der Waals surface area contributed by atoms with Crippen molar-refractivity contribution < 1.29 is 0 Å². The second kappa shape index (κ2) is 11.5. The average molecular weight is 457 g/mol. The fourth-order valence-electron chi connectivity index (χ4n) is 4.96. The lowest BCUT2D eigenvalue weighted by Gasteiger charge is -2.29. The summed E-state index contributed by atoms with van der Waals surface area (Å²) >= 11 is 0. The number of nitrogen functional groups attached to an aromatic ring is 1. The molecule has 1 aliphatic heterocycles. The van der Waals surface area contributed by atoms with Crippen LogP contribution in [0.4, 0.5) is 11.4 Å². The van der Waals surface area contributed by atoms with Crippen molar-refractivity contribution in [2.75, 3.05) is 37.7 Å². The minimum Gasteiger partial charge on any atom is -0.399 e. The molecular weight excluding hydrogens is 416 g/mol. The van der Waals surface area contributed by atoms with Crippen LogP contribution < -0.4 is 11.1 Å². The van der Waals surface area contributed by atoms with Crippen LogP contribution in [-0.2, 0) is 0 Å². The molecule has 3 N–H and O–H groups in total. The third kappa shape index (κ3) is 5.98. The van der Waals surface area contributed by atoms with Crippen molar-refractivity contribution in [3.05, 3.63) is 60.8 Å². The molecule has 0 saturated carbocycles. The summed E-state index contributed by atoms with van der Waals surface area (Å²) in [4.78, 5) is 7.27. The Labute approximate surface area is 205 Å². The Balaban J connectivity index is 1.62. The Morgan fingerprint density at radius 3 is 2.56 bits per heavy atom. The lowest BCUT2D eigenvalue weighted by molar-refractivity contribution is 0.213. The molecule has 0 amide bonds. The van der Waals surface area contributed by atoms with E-state index in [1.165, 1.54) is 85.0 Å². The molecule has 4 rings (SSSR count). The van der Waals surface area contributed by atoms with Crippen LogP contribution in [0.5, 0.6) is 0 Å². The Bertz CT molecular complexity index is 1090. The highest BCUT2D eigenvalue weighted by Crippen LogP contribution is 2.36. The van der Waals surface area contributed by atoms with Gasteiger partial charge in [-0.05, 0) is 99.1 Å². The minimum absolute atomic E-state index is 0.785. The van der Waals surface area contributed by atoms with E-state index < -0.39 is 0 Å². The number of nitrogens with zero attached hydrogens (tertiary/aromatic N) is 2. The fourth-order valence-corrected chi connectivity index (χ4v) is 4.96. The van der Waals surface area contributed by atoms with Crippen LogP contribution >= 0.6 is 0 Å². The Morgan fingerprint density at radius 1 is 1.09 bits per heavy atom. The molecule has 0 aliphatic carbocycles. The first-order valence-corrected chi connectivity index (χ1v) is 12.9. The summed E-state index contributed by atoms with van der Waals surface area (Å²) in [5.74, 6) is 0.805. The van der Waals surface area contributed by atoms with Gasteiger partial charge < -0.3 is 16.0 Å². The summed E-state index contributed by atoms with van der Waals surface area (Å²) < 4.78 is 0. The van der Waals surface area contributed by atoms with Gasteiger partial charge in [0.25, 0.3) is 0 Å². The zero-order chi connectivity index (χ0) is 23.9. The second-order valence-corrected chi connectivity index (χ2v) is 9.92. The number of rotatable bonds is 10. The molecule has 2 heterocycles. The third-order valence-electron chi connectivity index (χ3n) is 7.27. The minimum atomic E-state index is 0.785. The summed E-state index contributed by atoms with van der Waals surface area (Å²) in [5, 5.41) is 4.95. The molecule has 180 valence electrons. The van der Waals surface area contributed by atoms with Crippen LogP contribution in [-0.4, -0.2) is 36.6 Å². The first kappa shape index (κ1) is 24.3. The molecule has 2 aromatic carbocycles. The number of aromatic nitrogens is 1. The SMILES string of the molecule is C=C(CCC1CCN(C)CC1)c1cnc2ccc(-c3ccc(N)cc3)cc2c1NCCCCC. The first-order valence-electron chi connectivity index (χ1n) is 12.9. The highest BCUT2D eigenvalue weighted by Gasteiger charge is 2.18. The van der Waals surface area contributed by atoms with Crippen LogP contribution in [0.15, 0.2) is 55.2 Å². The molecular formula is C30H40N4. The van der Waals surface area contributed by atoms with Gasteiger partial charge in [0.15, 0.2) is 0 Å². The highest BCUT2D eigenvalue weighted by atomic mass is 15.1. The van der Waals surface area contributed by atoms with Crippen LogP contribution in [0.2, 0.25) is 0 Å². The number of hydrogen-bond acceptors (Lipinski definition) is 4. The zero-order valence-corrected chi connectivity index (χ0v) is 20.9. The highest BCUT2D eigenvalue weighted by molar-refractivity contribution is 5.99. The molecule has 1 aliphatic rings. The maximum atomic E-state index is 5.91. The van der Waals surface area contributed by atoms with Crippen LogP contribution in [0, 0.1) is 5.92 Å². The smallest absolute Gasteiger partial charge is 0.0723 e. The quantitative estimate of drug-likeness (QED) is 0.250. The van der Waals surface area contributed by atoms with Gasteiger partial charge in [0.2, 0.25) is 0 Å². The van der Waals surface area contributed by atoms with Crippen molar-refractivity contribution in [1.29, 1.82) is 0 Å². The number of unbranched alkanes of at least 4 members (excludes halogenated alkanes) is 2. The van der Waals surface area contributed by atoms with Crippen molar-refractivity contribution >= 4 is 27.9 Å². The predicted octanol–water partition coefficient (Wildman–Crippen LogP) is 7.22. The monoisotopic (exact) mass is 456 g/mol. The largest absolute Gasteiger partial charge is 0.399 e. The number of fused-ring (bicyclic) bond motifs is 1.